The summed E-state index contributed by atoms with van der Waals surface area (Å²) in [7, 11) is 0. The van der Waals surface area contributed by atoms with Crippen molar-refractivity contribution in [3.63, 3.8) is 0 Å². The molecular formula is C17H17NO. The molecule has 0 aliphatic heterocycles. The highest BCUT2D eigenvalue weighted by Gasteiger charge is 2.07. The van der Waals surface area contributed by atoms with Gasteiger partial charge in [-0.3, -0.25) is 0 Å². The van der Waals surface area contributed by atoms with Crippen LogP contribution < -0.4 is 5.32 Å². The van der Waals surface area contributed by atoms with Gasteiger partial charge in [0.2, 0.25) is 0 Å². The number of furan rings is 1. The van der Waals surface area contributed by atoms with Crippen LogP contribution in [-0.2, 0) is 6.42 Å². The lowest BCUT2D eigenvalue weighted by Gasteiger charge is -2.16. The number of anilines is 1. The number of rotatable bonds is 4. The molecule has 96 valence electrons. The second-order valence-corrected chi connectivity index (χ2v) is 4.86. The van der Waals surface area contributed by atoms with Crippen LogP contribution in [0.5, 0.6) is 0 Å². The van der Waals surface area contributed by atoms with Gasteiger partial charge in [0.15, 0.2) is 0 Å². The van der Waals surface area contributed by atoms with Gasteiger partial charge in [-0.15, -0.1) is 0 Å². The van der Waals surface area contributed by atoms with Crippen molar-refractivity contribution in [3.05, 3.63) is 66.6 Å². The SMILES string of the molecule is CC(Cc1ccco1)Nc1cccc2ccccc12. The van der Waals surface area contributed by atoms with E-state index in [4.69, 9.17) is 4.42 Å². The van der Waals surface area contributed by atoms with Crippen LogP contribution in [0, 0.1) is 0 Å². The topological polar surface area (TPSA) is 25.2 Å². The van der Waals surface area contributed by atoms with Crippen molar-refractivity contribution in [2.75, 3.05) is 5.32 Å². The second kappa shape index (κ2) is 5.19. The van der Waals surface area contributed by atoms with Crippen molar-refractivity contribution in [1.29, 1.82) is 0 Å². The molecule has 0 bridgehead atoms. The Bertz CT molecular complexity index is 653. The third-order valence-electron chi connectivity index (χ3n) is 3.28. The Labute approximate surface area is 113 Å². The Morgan fingerprint density at radius 3 is 2.68 bits per heavy atom. The van der Waals surface area contributed by atoms with E-state index in [9.17, 15) is 0 Å². The quantitative estimate of drug-likeness (QED) is 0.739. The first-order chi connectivity index (χ1) is 9.33. The monoisotopic (exact) mass is 251 g/mol. The maximum absolute atomic E-state index is 5.39. The lowest BCUT2D eigenvalue weighted by Crippen LogP contribution is -2.17. The van der Waals surface area contributed by atoms with Crippen molar-refractivity contribution in [2.24, 2.45) is 0 Å². The minimum Gasteiger partial charge on any atom is -0.469 e. The molecule has 0 amide bonds. The van der Waals surface area contributed by atoms with Crippen molar-refractivity contribution >= 4 is 16.5 Å². The van der Waals surface area contributed by atoms with Gasteiger partial charge in [0.1, 0.15) is 5.76 Å². The molecule has 0 radical (unpaired) electrons. The average Bonchev–Trinajstić information content (AvgIpc) is 2.92. The highest BCUT2D eigenvalue weighted by Crippen LogP contribution is 2.24. The average molecular weight is 251 g/mol. The molecule has 1 N–H and O–H groups in total. The molecule has 19 heavy (non-hydrogen) atoms. The van der Waals surface area contributed by atoms with Crippen molar-refractivity contribution in [2.45, 2.75) is 19.4 Å². The minimum absolute atomic E-state index is 0.331. The highest BCUT2D eigenvalue weighted by atomic mass is 16.3. The van der Waals surface area contributed by atoms with Crippen molar-refractivity contribution in [3.8, 4) is 0 Å². The summed E-state index contributed by atoms with van der Waals surface area (Å²) in [4.78, 5) is 0. The number of hydrogen-bond donors (Lipinski definition) is 1. The van der Waals surface area contributed by atoms with Gasteiger partial charge in [0.05, 0.1) is 6.26 Å². The largest absolute Gasteiger partial charge is 0.469 e. The summed E-state index contributed by atoms with van der Waals surface area (Å²) in [5.74, 6) is 1.01. The Morgan fingerprint density at radius 1 is 1.00 bits per heavy atom. The van der Waals surface area contributed by atoms with Gasteiger partial charge in [0.25, 0.3) is 0 Å². The standard InChI is InChI=1S/C17H17NO/c1-13(12-15-8-5-11-19-15)18-17-10-4-7-14-6-2-3-9-16(14)17/h2-11,13,18H,12H2,1H3. The van der Waals surface area contributed by atoms with E-state index in [2.05, 4.69) is 54.7 Å². The Balaban J connectivity index is 1.81. The molecule has 0 fully saturated rings. The lowest BCUT2D eigenvalue weighted by molar-refractivity contribution is 0.498. The fourth-order valence-corrected chi connectivity index (χ4v) is 2.40. The predicted molar refractivity (Wildman–Crippen MR) is 79.4 cm³/mol. The van der Waals surface area contributed by atoms with Gasteiger partial charge in [0, 0.05) is 23.5 Å². The van der Waals surface area contributed by atoms with Gasteiger partial charge in [-0.05, 0) is 30.5 Å². The van der Waals surface area contributed by atoms with Gasteiger partial charge in [-0.2, -0.15) is 0 Å². The van der Waals surface area contributed by atoms with E-state index in [1.54, 1.807) is 6.26 Å². The van der Waals surface area contributed by atoms with E-state index >= 15 is 0 Å². The number of fused-ring (bicyclic) bond motifs is 1. The molecule has 2 heteroatoms. The zero-order valence-corrected chi connectivity index (χ0v) is 11.0. The Kier molecular flexibility index (Phi) is 3.23. The third kappa shape index (κ3) is 2.63. The molecule has 1 atom stereocenters. The molecule has 0 aliphatic carbocycles. The molecule has 3 rings (SSSR count). The molecule has 1 heterocycles. The van der Waals surface area contributed by atoms with Crippen molar-refractivity contribution < 1.29 is 4.42 Å². The lowest BCUT2D eigenvalue weighted by atomic mass is 10.1. The summed E-state index contributed by atoms with van der Waals surface area (Å²) in [6, 6.07) is 19.1. The van der Waals surface area contributed by atoms with E-state index in [0.29, 0.717) is 6.04 Å². The van der Waals surface area contributed by atoms with E-state index in [0.717, 1.165) is 12.2 Å². The van der Waals surface area contributed by atoms with Crippen LogP contribution in [0.25, 0.3) is 10.8 Å². The molecule has 0 saturated heterocycles. The summed E-state index contributed by atoms with van der Waals surface area (Å²) >= 11 is 0. The van der Waals surface area contributed by atoms with E-state index in [1.165, 1.54) is 16.5 Å². The van der Waals surface area contributed by atoms with Crippen LogP contribution in [0.15, 0.2) is 65.3 Å². The smallest absolute Gasteiger partial charge is 0.105 e. The van der Waals surface area contributed by atoms with Crippen molar-refractivity contribution in [1.82, 2.24) is 0 Å². The normalized spacial score (nSPS) is 12.5. The Morgan fingerprint density at radius 2 is 1.84 bits per heavy atom. The maximum Gasteiger partial charge on any atom is 0.105 e. The fourth-order valence-electron chi connectivity index (χ4n) is 2.40. The van der Waals surface area contributed by atoms with Crippen LogP contribution in [0.1, 0.15) is 12.7 Å². The summed E-state index contributed by atoms with van der Waals surface area (Å²) in [5, 5.41) is 6.09. The molecule has 3 aromatic rings. The van der Waals surface area contributed by atoms with Gasteiger partial charge in [-0.1, -0.05) is 36.4 Å². The molecule has 0 aliphatic rings. The van der Waals surface area contributed by atoms with Gasteiger partial charge in [-0.25, -0.2) is 0 Å². The third-order valence-corrected chi connectivity index (χ3v) is 3.28. The van der Waals surface area contributed by atoms with Gasteiger partial charge < -0.3 is 9.73 Å². The van der Waals surface area contributed by atoms with Crippen LogP contribution >= 0.6 is 0 Å². The number of nitrogens with one attached hydrogen (secondary N) is 1. The molecular weight excluding hydrogens is 234 g/mol. The molecule has 2 aromatic carbocycles. The summed E-state index contributed by atoms with van der Waals surface area (Å²) in [6.07, 6.45) is 2.61. The number of benzene rings is 2. The second-order valence-electron chi connectivity index (χ2n) is 4.86. The first-order valence-corrected chi connectivity index (χ1v) is 6.59. The van der Waals surface area contributed by atoms with E-state index in [1.807, 2.05) is 12.1 Å². The fraction of sp³-hybridized carbons (Fsp3) is 0.176. The molecule has 1 unspecified atom stereocenters. The summed E-state index contributed by atoms with van der Waals surface area (Å²) in [5.41, 5.74) is 1.18. The minimum atomic E-state index is 0.331. The first kappa shape index (κ1) is 11.8. The maximum atomic E-state index is 5.39. The van der Waals surface area contributed by atoms with Crippen LogP contribution in [0.4, 0.5) is 5.69 Å². The molecule has 2 nitrogen and oxygen atoms in total. The van der Waals surface area contributed by atoms with Crippen LogP contribution in [0.2, 0.25) is 0 Å². The summed E-state index contributed by atoms with van der Waals surface area (Å²) in [6.45, 7) is 2.17. The van der Waals surface area contributed by atoms with E-state index in [-0.39, 0.29) is 0 Å². The van der Waals surface area contributed by atoms with Crippen LogP contribution in [0.3, 0.4) is 0 Å². The molecule has 0 spiro atoms. The van der Waals surface area contributed by atoms with E-state index < -0.39 is 0 Å². The highest BCUT2D eigenvalue weighted by molar-refractivity contribution is 5.93. The number of hydrogen-bond acceptors (Lipinski definition) is 2. The van der Waals surface area contributed by atoms with Gasteiger partial charge >= 0.3 is 0 Å². The Hall–Kier alpha value is -2.22. The molecule has 0 saturated carbocycles. The zero-order chi connectivity index (χ0) is 13.1. The van der Waals surface area contributed by atoms with Crippen LogP contribution in [-0.4, -0.2) is 6.04 Å². The predicted octanol–water partition coefficient (Wildman–Crippen LogP) is 4.48. The zero-order valence-electron chi connectivity index (χ0n) is 11.0. The summed E-state index contributed by atoms with van der Waals surface area (Å²) < 4.78 is 5.39. The first-order valence-electron chi connectivity index (χ1n) is 6.59. The molecule has 1 aromatic heterocycles.